The molecule has 3 nitrogen and oxygen atoms in total. The fourth-order valence-electron chi connectivity index (χ4n) is 0.123. The Morgan fingerprint density at radius 3 is 2.71 bits per heavy atom. The SMILES string of the molecule is NC(=O)NC[C]=S. The van der Waals surface area contributed by atoms with Crippen LogP contribution in [-0.4, -0.2) is 17.9 Å². The Hall–Kier alpha value is -0.640. The molecule has 0 aliphatic heterocycles. The average Bonchev–Trinajstić information content (AvgIpc) is 1.61. The first kappa shape index (κ1) is 6.36. The summed E-state index contributed by atoms with van der Waals surface area (Å²) in [6.07, 6.45) is 0. The molecule has 0 saturated carbocycles. The lowest BCUT2D eigenvalue weighted by molar-refractivity contribution is 0.250. The summed E-state index contributed by atoms with van der Waals surface area (Å²) < 4.78 is 0. The normalized spacial score (nSPS) is 7.43. The molecule has 0 aliphatic carbocycles. The minimum absolute atomic E-state index is 0.241. The highest BCUT2D eigenvalue weighted by atomic mass is 32.1. The summed E-state index contributed by atoms with van der Waals surface area (Å²) in [6.45, 7) is 0.241. The summed E-state index contributed by atoms with van der Waals surface area (Å²) in [5, 5.41) is 4.49. The zero-order valence-corrected chi connectivity index (χ0v) is 4.42. The third-order valence-electron chi connectivity index (χ3n) is 0.335. The quantitative estimate of drug-likeness (QED) is 0.480. The predicted molar refractivity (Wildman–Crippen MR) is 30.2 cm³/mol. The number of rotatable bonds is 2. The summed E-state index contributed by atoms with van der Waals surface area (Å²) in [4.78, 5) is 9.78. The lowest BCUT2D eigenvalue weighted by Gasteiger charge is -1.89. The summed E-state index contributed by atoms with van der Waals surface area (Å²) >= 11 is 4.25. The van der Waals surface area contributed by atoms with Gasteiger partial charge in [0.25, 0.3) is 0 Å². The van der Waals surface area contributed by atoms with Crippen LogP contribution in [0.5, 0.6) is 0 Å². The lowest BCUT2D eigenvalue weighted by Crippen LogP contribution is -2.30. The predicted octanol–water partition coefficient (Wildman–Crippen LogP) is -0.469. The van der Waals surface area contributed by atoms with E-state index in [1.807, 2.05) is 0 Å². The Bertz CT molecular complexity index is 83.0. The number of hydrogen-bond acceptors (Lipinski definition) is 2. The summed E-state index contributed by atoms with van der Waals surface area (Å²) in [7, 11) is 0. The molecule has 0 saturated heterocycles. The van der Waals surface area contributed by atoms with Gasteiger partial charge in [0.1, 0.15) is 0 Å². The van der Waals surface area contributed by atoms with Crippen molar-refractivity contribution in [3.63, 3.8) is 0 Å². The van der Waals surface area contributed by atoms with Crippen LogP contribution in [0.2, 0.25) is 0 Å². The molecular weight excluding hydrogens is 112 g/mol. The fraction of sp³-hybridized carbons (Fsp3) is 0.333. The monoisotopic (exact) mass is 117 g/mol. The number of hydrogen-bond donors (Lipinski definition) is 2. The van der Waals surface area contributed by atoms with Crippen LogP contribution in [0.1, 0.15) is 0 Å². The highest BCUT2D eigenvalue weighted by molar-refractivity contribution is 7.79. The molecule has 2 amide bonds. The van der Waals surface area contributed by atoms with E-state index in [0.717, 1.165) is 0 Å². The number of urea groups is 1. The fourth-order valence-corrected chi connectivity index (χ4v) is 0.195. The Labute approximate surface area is 46.9 Å². The van der Waals surface area contributed by atoms with Crippen molar-refractivity contribution in [1.29, 1.82) is 0 Å². The van der Waals surface area contributed by atoms with Crippen LogP contribution in [0.3, 0.4) is 0 Å². The van der Waals surface area contributed by atoms with Gasteiger partial charge >= 0.3 is 6.03 Å². The van der Waals surface area contributed by atoms with Crippen molar-refractivity contribution in [2.45, 2.75) is 0 Å². The Kier molecular flexibility index (Phi) is 3.22. The van der Waals surface area contributed by atoms with Gasteiger partial charge in [-0.25, -0.2) is 4.79 Å². The highest BCUT2D eigenvalue weighted by Crippen LogP contribution is 1.52. The smallest absolute Gasteiger partial charge is 0.312 e. The Morgan fingerprint density at radius 2 is 2.57 bits per heavy atom. The first-order valence-electron chi connectivity index (χ1n) is 1.65. The van der Waals surface area contributed by atoms with Gasteiger partial charge in [-0.3, -0.25) is 0 Å². The van der Waals surface area contributed by atoms with Crippen LogP contribution in [0.4, 0.5) is 4.79 Å². The lowest BCUT2D eigenvalue weighted by atomic mass is 10.7. The van der Waals surface area contributed by atoms with E-state index in [9.17, 15) is 4.79 Å². The molecule has 4 heteroatoms. The van der Waals surface area contributed by atoms with Crippen molar-refractivity contribution in [2.75, 3.05) is 6.54 Å². The second-order valence-corrected chi connectivity index (χ2v) is 1.15. The van der Waals surface area contributed by atoms with Gasteiger partial charge in [-0.1, -0.05) is 12.2 Å². The molecule has 0 fully saturated rings. The molecule has 3 N–H and O–H groups in total. The van der Waals surface area contributed by atoms with Crippen LogP contribution in [0.15, 0.2) is 0 Å². The van der Waals surface area contributed by atoms with E-state index < -0.39 is 6.03 Å². The van der Waals surface area contributed by atoms with E-state index in [4.69, 9.17) is 0 Å². The number of nitrogens with two attached hydrogens (primary N) is 1. The maximum atomic E-state index is 9.78. The number of thiocarbonyl (C=S) groups is 1. The first-order valence-corrected chi connectivity index (χ1v) is 2.06. The molecule has 7 heavy (non-hydrogen) atoms. The van der Waals surface area contributed by atoms with Crippen molar-refractivity contribution in [1.82, 2.24) is 5.32 Å². The van der Waals surface area contributed by atoms with Gasteiger partial charge in [0, 0.05) is 0 Å². The molecule has 0 aliphatic rings. The van der Waals surface area contributed by atoms with E-state index in [-0.39, 0.29) is 6.54 Å². The van der Waals surface area contributed by atoms with Gasteiger partial charge in [-0.05, 0) is 0 Å². The minimum atomic E-state index is -0.572. The molecule has 0 bridgehead atoms. The number of carbonyl (C=O) groups excluding carboxylic acids is 1. The van der Waals surface area contributed by atoms with Crippen molar-refractivity contribution < 1.29 is 4.79 Å². The number of nitrogens with one attached hydrogen (secondary N) is 1. The molecular formula is C3H5N2OS. The van der Waals surface area contributed by atoms with Gasteiger partial charge < -0.3 is 11.1 Å². The van der Waals surface area contributed by atoms with Gasteiger partial charge in [0.05, 0.1) is 11.9 Å². The van der Waals surface area contributed by atoms with E-state index in [0.29, 0.717) is 0 Å². The van der Waals surface area contributed by atoms with Crippen LogP contribution in [-0.2, 0) is 0 Å². The van der Waals surface area contributed by atoms with Crippen molar-refractivity contribution >= 4 is 23.6 Å². The third-order valence-corrected chi connectivity index (χ3v) is 0.479. The van der Waals surface area contributed by atoms with Crippen molar-refractivity contribution in [3.05, 3.63) is 0 Å². The van der Waals surface area contributed by atoms with Crippen LogP contribution in [0.25, 0.3) is 0 Å². The van der Waals surface area contributed by atoms with E-state index in [1.165, 1.54) is 0 Å². The second-order valence-electron chi connectivity index (χ2n) is 0.862. The van der Waals surface area contributed by atoms with Crippen LogP contribution in [0, 0.1) is 0 Å². The summed E-state index contributed by atoms with van der Waals surface area (Å²) in [5.74, 6) is 0. The Morgan fingerprint density at radius 1 is 2.00 bits per heavy atom. The van der Waals surface area contributed by atoms with E-state index >= 15 is 0 Å². The molecule has 0 unspecified atom stereocenters. The van der Waals surface area contributed by atoms with Crippen LogP contribution >= 0.6 is 12.2 Å². The van der Waals surface area contributed by atoms with Crippen molar-refractivity contribution in [2.24, 2.45) is 5.73 Å². The van der Waals surface area contributed by atoms with Gasteiger partial charge in [-0.2, -0.15) is 0 Å². The van der Waals surface area contributed by atoms with Gasteiger partial charge in [-0.15, -0.1) is 0 Å². The molecule has 1 radical (unpaired) electrons. The van der Waals surface area contributed by atoms with Gasteiger partial charge in [0.15, 0.2) is 0 Å². The third kappa shape index (κ3) is 5.36. The average molecular weight is 117 g/mol. The molecule has 39 valence electrons. The topological polar surface area (TPSA) is 55.1 Å². The molecule has 0 rings (SSSR count). The zero-order valence-electron chi connectivity index (χ0n) is 3.60. The Balaban J connectivity index is 2.97. The largest absolute Gasteiger partial charge is 0.352 e. The van der Waals surface area contributed by atoms with Crippen LogP contribution < -0.4 is 11.1 Å². The maximum absolute atomic E-state index is 9.78. The molecule has 0 heterocycles. The minimum Gasteiger partial charge on any atom is -0.352 e. The first-order chi connectivity index (χ1) is 3.27. The van der Waals surface area contributed by atoms with Gasteiger partial charge in [0.2, 0.25) is 0 Å². The maximum Gasteiger partial charge on any atom is 0.312 e. The van der Waals surface area contributed by atoms with E-state index in [2.05, 4.69) is 28.6 Å². The molecule has 0 aromatic heterocycles. The zero-order chi connectivity index (χ0) is 5.70. The molecule has 0 aromatic rings. The summed E-state index contributed by atoms with van der Waals surface area (Å²) in [6, 6.07) is -0.572. The highest BCUT2D eigenvalue weighted by Gasteiger charge is 1.82. The molecule has 0 atom stereocenters. The number of amides is 2. The molecule has 0 spiro atoms. The molecule has 0 aromatic carbocycles. The summed E-state index contributed by atoms with van der Waals surface area (Å²) in [5.41, 5.74) is 4.64. The van der Waals surface area contributed by atoms with E-state index in [1.54, 1.807) is 0 Å². The standard InChI is InChI=1S/C3H5N2OS/c4-3(6)5-1-2-7/h1H2,(H3,4,5,6). The van der Waals surface area contributed by atoms with Crippen molar-refractivity contribution in [3.8, 4) is 0 Å². The second kappa shape index (κ2) is 3.55. The number of primary amides is 1. The number of carbonyl (C=O) groups is 1.